The number of benzene rings is 2. The second kappa shape index (κ2) is 6.51. The van der Waals surface area contributed by atoms with Crippen LogP contribution < -0.4 is 5.32 Å². The van der Waals surface area contributed by atoms with E-state index in [4.69, 9.17) is 0 Å². The lowest BCUT2D eigenvalue weighted by atomic mass is 9.94. The average molecular weight is 336 g/mol. The Hall–Kier alpha value is -1.19. The second-order valence-electron chi connectivity index (χ2n) is 5.02. The molecule has 3 heteroatoms. The van der Waals surface area contributed by atoms with Crippen molar-refractivity contribution in [2.24, 2.45) is 0 Å². The number of rotatable bonds is 4. The van der Waals surface area contributed by atoms with Crippen LogP contribution in [0.4, 0.5) is 4.39 Å². The van der Waals surface area contributed by atoms with Crippen LogP contribution >= 0.6 is 15.9 Å². The summed E-state index contributed by atoms with van der Waals surface area (Å²) < 4.78 is 14.1. The highest BCUT2D eigenvalue weighted by molar-refractivity contribution is 9.10. The van der Waals surface area contributed by atoms with Gasteiger partial charge in [0.15, 0.2) is 0 Å². The summed E-state index contributed by atoms with van der Waals surface area (Å²) in [5.74, 6) is -0.225. The highest BCUT2D eigenvalue weighted by atomic mass is 79.9. The maximum atomic E-state index is 13.3. The zero-order chi connectivity index (χ0) is 14.7. The van der Waals surface area contributed by atoms with Gasteiger partial charge in [-0.2, -0.15) is 0 Å². The van der Waals surface area contributed by atoms with Crippen molar-refractivity contribution in [1.82, 2.24) is 5.32 Å². The summed E-state index contributed by atoms with van der Waals surface area (Å²) in [6.45, 7) is 7.13. The minimum absolute atomic E-state index is 0.0653. The van der Waals surface area contributed by atoms with Crippen LogP contribution in [0.2, 0.25) is 0 Å². The predicted octanol–water partition coefficient (Wildman–Crippen LogP) is 4.90. The Labute approximate surface area is 128 Å². The van der Waals surface area contributed by atoms with Crippen molar-refractivity contribution >= 4 is 15.9 Å². The zero-order valence-electron chi connectivity index (χ0n) is 12.0. The van der Waals surface area contributed by atoms with Crippen LogP contribution in [-0.2, 0) is 0 Å². The molecule has 106 valence electrons. The quantitative estimate of drug-likeness (QED) is 0.837. The molecule has 0 amide bonds. The third-order valence-corrected chi connectivity index (χ3v) is 4.10. The van der Waals surface area contributed by atoms with Crippen molar-refractivity contribution in [3.63, 3.8) is 0 Å². The minimum atomic E-state index is -0.225. The van der Waals surface area contributed by atoms with Crippen molar-refractivity contribution in [3.8, 4) is 0 Å². The first-order valence-corrected chi connectivity index (χ1v) is 7.57. The molecule has 1 atom stereocenters. The molecule has 0 aromatic heterocycles. The van der Waals surface area contributed by atoms with Gasteiger partial charge in [0.1, 0.15) is 5.82 Å². The number of halogens is 2. The molecule has 0 spiro atoms. The molecule has 0 aliphatic carbocycles. The molecule has 1 N–H and O–H groups in total. The Morgan fingerprint density at radius 1 is 1.10 bits per heavy atom. The molecular formula is C17H19BrFN. The van der Waals surface area contributed by atoms with E-state index in [-0.39, 0.29) is 11.9 Å². The monoisotopic (exact) mass is 335 g/mol. The largest absolute Gasteiger partial charge is 0.306 e. The van der Waals surface area contributed by atoms with Gasteiger partial charge in [0, 0.05) is 4.47 Å². The molecule has 20 heavy (non-hydrogen) atoms. The standard InChI is InChI=1S/C17H19BrFN/c1-4-20-17(14-7-5-11(2)9-12(14)3)15-8-6-13(19)10-16(15)18/h5-10,17,20H,4H2,1-3H3. The molecule has 0 saturated carbocycles. The first-order chi connectivity index (χ1) is 9.52. The third kappa shape index (κ3) is 3.28. The lowest BCUT2D eigenvalue weighted by Gasteiger charge is -2.22. The van der Waals surface area contributed by atoms with Crippen LogP contribution in [0.15, 0.2) is 40.9 Å². The van der Waals surface area contributed by atoms with Gasteiger partial charge in [-0.3, -0.25) is 0 Å². The molecule has 2 rings (SSSR count). The lowest BCUT2D eigenvalue weighted by molar-refractivity contribution is 0.609. The third-order valence-electron chi connectivity index (χ3n) is 3.42. The van der Waals surface area contributed by atoms with Gasteiger partial charge in [-0.15, -0.1) is 0 Å². The number of nitrogens with one attached hydrogen (secondary N) is 1. The van der Waals surface area contributed by atoms with E-state index in [1.807, 2.05) is 6.07 Å². The Balaban J connectivity index is 2.50. The first kappa shape index (κ1) is 15.2. The van der Waals surface area contributed by atoms with Crippen molar-refractivity contribution < 1.29 is 4.39 Å². The van der Waals surface area contributed by atoms with Crippen LogP contribution in [0.3, 0.4) is 0 Å². The lowest BCUT2D eigenvalue weighted by Crippen LogP contribution is -2.23. The molecule has 1 nitrogen and oxygen atoms in total. The fourth-order valence-corrected chi connectivity index (χ4v) is 3.06. The number of aryl methyl sites for hydroxylation is 2. The molecule has 2 aromatic rings. The van der Waals surface area contributed by atoms with Crippen molar-refractivity contribution in [2.45, 2.75) is 26.8 Å². The Morgan fingerprint density at radius 3 is 2.40 bits per heavy atom. The van der Waals surface area contributed by atoms with Crippen molar-refractivity contribution in [1.29, 1.82) is 0 Å². The van der Waals surface area contributed by atoms with Crippen LogP contribution in [0.5, 0.6) is 0 Å². The SMILES string of the molecule is CCNC(c1ccc(C)cc1C)c1ccc(F)cc1Br. The summed E-state index contributed by atoms with van der Waals surface area (Å²) in [6.07, 6.45) is 0. The number of hydrogen-bond donors (Lipinski definition) is 1. The van der Waals surface area contributed by atoms with E-state index in [2.05, 4.69) is 60.2 Å². The molecule has 0 saturated heterocycles. The van der Waals surface area contributed by atoms with Crippen molar-refractivity contribution in [3.05, 3.63) is 68.9 Å². The smallest absolute Gasteiger partial charge is 0.124 e. The summed E-state index contributed by atoms with van der Waals surface area (Å²) in [6, 6.07) is 11.4. The molecule has 2 aromatic carbocycles. The van der Waals surface area contributed by atoms with Crippen LogP contribution in [0.1, 0.15) is 35.2 Å². The fourth-order valence-electron chi connectivity index (χ4n) is 2.48. The fraction of sp³-hybridized carbons (Fsp3) is 0.294. The summed E-state index contributed by atoms with van der Waals surface area (Å²) in [4.78, 5) is 0. The Bertz CT molecular complexity index is 558. The maximum absolute atomic E-state index is 13.3. The molecule has 0 heterocycles. The van der Waals surface area contributed by atoms with Gasteiger partial charge in [-0.25, -0.2) is 4.39 Å². The molecule has 0 aliphatic rings. The number of hydrogen-bond acceptors (Lipinski definition) is 1. The average Bonchev–Trinajstić information content (AvgIpc) is 2.37. The molecule has 0 radical (unpaired) electrons. The maximum Gasteiger partial charge on any atom is 0.124 e. The molecule has 0 aliphatic heterocycles. The molecule has 0 fully saturated rings. The Morgan fingerprint density at radius 2 is 1.80 bits per heavy atom. The van der Waals surface area contributed by atoms with E-state index in [0.29, 0.717) is 0 Å². The highest BCUT2D eigenvalue weighted by Gasteiger charge is 2.18. The van der Waals surface area contributed by atoms with E-state index >= 15 is 0 Å². The van der Waals surface area contributed by atoms with Gasteiger partial charge in [0.25, 0.3) is 0 Å². The predicted molar refractivity (Wildman–Crippen MR) is 85.5 cm³/mol. The van der Waals surface area contributed by atoms with E-state index in [0.717, 1.165) is 16.6 Å². The van der Waals surface area contributed by atoms with Gasteiger partial charge in [0.2, 0.25) is 0 Å². The van der Waals surface area contributed by atoms with E-state index in [1.165, 1.54) is 28.8 Å². The van der Waals surface area contributed by atoms with Crippen LogP contribution in [0, 0.1) is 19.7 Å². The van der Waals surface area contributed by atoms with Crippen LogP contribution in [0.25, 0.3) is 0 Å². The van der Waals surface area contributed by atoms with Gasteiger partial charge in [0.05, 0.1) is 6.04 Å². The normalized spacial score (nSPS) is 12.4. The van der Waals surface area contributed by atoms with Gasteiger partial charge in [-0.1, -0.05) is 52.7 Å². The van der Waals surface area contributed by atoms with Crippen LogP contribution in [-0.4, -0.2) is 6.54 Å². The molecular weight excluding hydrogens is 317 g/mol. The van der Waals surface area contributed by atoms with Gasteiger partial charge >= 0.3 is 0 Å². The Kier molecular flexibility index (Phi) is 4.95. The van der Waals surface area contributed by atoms with E-state index in [9.17, 15) is 4.39 Å². The summed E-state index contributed by atoms with van der Waals surface area (Å²) >= 11 is 3.47. The zero-order valence-corrected chi connectivity index (χ0v) is 13.6. The summed E-state index contributed by atoms with van der Waals surface area (Å²) in [5, 5.41) is 3.48. The first-order valence-electron chi connectivity index (χ1n) is 6.78. The topological polar surface area (TPSA) is 12.0 Å². The van der Waals surface area contributed by atoms with E-state index < -0.39 is 0 Å². The van der Waals surface area contributed by atoms with Gasteiger partial charge in [-0.05, 0) is 49.2 Å². The molecule has 1 unspecified atom stereocenters. The summed E-state index contributed by atoms with van der Waals surface area (Å²) in [7, 11) is 0. The van der Waals surface area contributed by atoms with Gasteiger partial charge < -0.3 is 5.32 Å². The van der Waals surface area contributed by atoms with Crippen molar-refractivity contribution in [2.75, 3.05) is 6.54 Å². The van der Waals surface area contributed by atoms with E-state index in [1.54, 1.807) is 0 Å². The minimum Gasteiger partial charge on any atom is -0.306 e. The highest BCUT2D eigenvalue weighted by Crippen LogP contribution is 2.31. The second-order valence-corrected chi connectivity index (χ2v) is 5.87. The molecule has 0 bridgehead atoms. The summed E-state index contributed by atoms with van der Waals surface area (Å²) in [5.41, 5.74) is 4.77.